The first-order valence-electron chi connectivity index (χ1n) is 11.5. The summed E-state index contributed by atoms with van der Waals surface area (Å²) in [5, 5.41) is 11.2. The fraction of sp³-hybridized carbons (Fsp3) is 0.609. The maximum atomic E-state index is 14.9. The van der Waals surface area contributed by atoms with Gasteiger partial charge in [-0.1, -0.05) is 0 Å². The number of piperidine rings is 2. The van der Waals surface area contributed by atoms with Gasteiger partial charge in [-0.15, -0.1) is 0 Å². The van der Waals surface area contributed by atoms with E-state index in [4.69, 9.17) is 5.11 Å². The van der Waals surface area contributed by atoms with Crippen LogP contribution in [0.15, 0.2) is 12.1 Å². The number of amides is 3. The second-order valence-electron chi connectivity index (χ2n) is 9.11. The molecule has 3 fully saturated rings. The van der Waals surface area contributed by atoms with E-state index in [-0.39, 0.29) is 35.9 Å². The number of piperazine rings is 1. The Morgan fingerprint density at radius 1 is 1.00 bits per heavy atom. The number of anilines is 1. The molecule has 3 heterocycles. The molecule has 3 aliphatic rings. The number of hydrogen-bond acceptors (Lipinski definition) is 6. The van der Waals surface area contributed by atoms with E-state index >= 15 is 0 Å². The van der Waals surface area contributed by atoms with Crippen molar-refractivity contribution in [3.05, 3.63) is 29.3 Å². The molecule has 0 radical (unpaired) electrons. The van der Waals surface area contributed by atoms with E-state index in [1.54, 1.807) is 9.80 Å². The Hall–Kier alpha value is -2.59. The number of imide groups is 1. The van der Waals surface area contributed by atoms with Crippen molar-refractivity contribution in [3.8, 4) is 0 Å². The van der Waals surface area contributed by atoms with Crippen LogP contribution < -0.4 is 10.2 Å². The number of halogens is 2. The number of benzene rings is 1. The molecule has 33 heavy (non-hydrogen) atoms. The van der Waals surface area contributed by atoms with Gasteiger partial charge in [-0.2, -0.15) is 0 Å². The van der Waals surface area contributed by atoms with Crippen molar-refractivity contribution in [2.45, 2.75) is 31.6 Å². The highest BCUT2D eigenvalue weighted by molar-refractivity contribution is 6.00. The highest BCUT2D eigenvalue weighted by Gasteiger charge is 2.31. The van der Waals surface area contributed by atoms with Crippen LogP contribution in [0.25, 0.3) is 0 Å². The number of rotatable bonds is 5. The second kappa shape index (κ2) is 10.1. The van der Waals surface area contributed by atoms with Crippen molar-refractivity contribution in [2.75, 3.05) is 57.3 Å². The Balaban J connectivity index is 1.32. The van der Waals surface area contributed by atoms with Crippen LogP contribution >= 0.6 is 0 Å². The molecule has 1 aromatic rings. The number of aliphatic hydroxyl groups excluding tert-OH is 1. The first-order valence-corrected chi connectivity index (χ1v) is 11.5. The van der Waals surface area contributed by atoms with Gasteiger partial charge in [-0.05, 0) is 42.9 Å². The molecule has 0 bridgehead atoms. The van der Waals surface area contributed by atoms with Crippen LogP contribution in [-0.4, -0.2) is 85.0 Å². The van der Waals surface area contributed by atoms with E-state index in [1.165, 1.54) is 12.1 Å². The van der Waals surface area contributed by atoms with Gasteiger partial charge in [0, 0.05) is 52.2 Å². The average Bonchev–Trinajstić information content (AvgIpc) is 2.79. The third-order valence-corrected chi connectivity index (χ3v) is 6.99. The number of carbonyl (C=O) groups is 3. The molecule has 1 atom stereocenters. The molecule has 180 valence electrons. The van der Waals surface area contributed by atoms with E-state index in [9.17, 15) is 23.2 Å². The van der Waals surface area contributed by atoms with E-state index in [0.717, 1.165) is 19.4 Å². The largest absolute Gasteiger partial charge is 0.387 e. The molecule has 3 amide bonds. The van der Waals surface area contributed by atoms with Crippen molar-refractivity contribution in [3.63, 3.8) is 0 Å². The van der Waals surface area contributed by atoms with Gasteiger partial charge in [0.1, 0.15) is 23.9 Å². The van der Waals surface area contributed by atoms with Crippen LogP contribution in [0.4, 0.5) is 14.5 Å². The highest BCUT2D eigenvalue weighted by Crippen LogP contribution is 2.32. The van der Waals surface area contributed by atoms with Gasteiger partial charge < -0.3 is 14.9 Å². The summed E-state index contributed by atoms with van der Waals surface area (Å²) in [5.74, 6) is -2.76. The minimum absolute atomic E-state index is 0.0680. The summed E-state index contributed by atoms with van der Waals surface area (Å²) in [6, 6.07) is 2.43. The lowest BCUT2D eigenvalue weighted by Crippen LogP contribution is -2.49. The zero-order valence-corrected chi connectivity index (χ0v) is 18.6. The monoisotopic (exact) mass is 464 g/mol. The summed E-state index contributed by atoms with van der Waals surface area (Å²) >= 11 is 0. The van der Waals surface area contributed by atoms with Gasteiger partial charge in [0.2, 0.25) is 17.7 Å². The number of hydrogen-bond donors (Lipinski definition) is 2. The third kappa shape index (κ3) is 5.33. The zero-order chi connectivity index (χ0) is 23.5. The maximum Gasteiger partial charge on any atom is 0.248 e. The number of nitrogens with one attached hydrogen (secondary N) is 1. The molecular formula is C23H30F2N4O4. The van der Waals surface area contributed by atoms with Crippen LogP contribution in [-0.2, 0) is 14.4 Å². The zero-order valence-electron chi connectivity index (χ0n) is 18.6. The Bertz CT molecular complexity index is 889. The number of nitrogens with zero attached hydrogens (tertiary/aromatic N) is 3. The van der Waals surface area contributed by atoms with Gasteiger partial charge in [0.25, 0.3) is 0 Å². The smallest absolute Gasteiger partial charge is 0.248 e. The van der Waals surface area contributed by atoms with E-state index < -0.39 is 30.1 Å². The second-order valence-corrected chi connectivity index (χ2v) is 9.11. The molecular weight excluding hydrogens is 434 g/mol. The molecule has 3 aliphatic heterocycles. The fourth-order valence-corrected chi connectivity index (χ4v) is 5.08. The van der Waals surface area contributed by atoms with Gasteiger partial charge in [-0.3, -0.25) is 24.6 Å². The topological polar surface area (TPSA) is 93.2 Å². The number of carbonyl (C=O) groups excluding carboxylic acids is 3. The lowest BCUT2D eigenvalue weighted by molar-refractivity contribution is -0.136. The van der Waals surface area contributed by atoms with Crippen molar-refractivity contribution in [2.24, 2.45) is 5.92 Å². The van der Waals surface area contributed by atoms with Crippen molar-refractivity contribution >= 4 is 23.4 Å². The van der Waals surface area contributed by atoms with Crippen LogP contribution in [0.1, 0.15) is 37.2 Å². The standard InChI is InChI=1S/C23H30F2N4O4/c24-18-11-16(17-1-2-20(31)26-23(17)33)12-19(25)22(18)29-9-7-27(8-10-29)13-15-3-5-28(6-4-15)21(32)14-30/h11-12,15,17,30H,1-10,13-14H2,(H,26,31,33). The number of likely N-dealkylation sites (tertiary alicyclic amines) is 1. The van der Waals surface area contributed by atoms with Gasteiger partial charge in [0.05, 0.1) is 5.92 Å². The molecule has 2 N–H and O–H groups in total. The van der Waals surface area contributed by atoms with E-state index in [0.29, 0.717) is 45.2 Å². The van der Waals surface area contributed by atoms with Crippen LogP contribution in [0.5, 0.6) is 0 Å². The summed E-state index contributed by atoms with van der Waals surface area (Å²) in [6.07, 6.45) is 2.17. The van der Waals surface area contributed by atoms with Gasteiger partial charge in [0.15, 0.2) is 0 Å². The van der Waals surface area contributed by atoms with Crippen LogP contribution in [0.3, 0.4) is 0 Å². The Kier molecular flexibility index (Phi) is 7.23. The molecule has 0 saturated carbocycles. The third-order valence-electron chi connectivity index (χ3n) is 6.99. The van der Waals surface area contributed by atoms with Crippen molar-refractivity contribution < 1.29 is 28.3 Å². The lowest BCUT2D eigenvalue weighted by Gasteiger charge is -2.39. The maximum absolute atomic E-state index is 14.9. The minimum Gasteiger partial charge on any atom is -0.387 e. The predicted molar refractivity (Wildman–Crippen MR) is 117 cm³/mol. The van der Waals surface area contributed by atoms with Crippen LogP contribution in [0, 0.1) is 17.6 Å². The summed E-state index contributed by atoms with van der Waals surface area (Å²) in [6.45, 7) is 4.09. The van der Waals surface area contributed by atoms with Gasteiger partial charge >= 0.3 is 0 Å². The minimum atomic E-state index is -0.725. The molecule has 3 saturated heterocycles. The van der Waals surface area contributed by atoms with E-state index in [1.807, 2.05) is 0 Å². The first kappa shape index (κ1) is 23.6. The fourth-order valence-electron chi connectivity index (χ4n) is 5.08. The molecule has 8 nitrogen and oxygen atoms in total. The van der Waals surface area contributed by atoms with Crippen LogP contribution in [0.2, 0.25) is 0 Å². The Morgan fingerprint density at radius 3 is 2.21 bits per heavy atom. The van der Waals surface area contributed by atoms with Gasteiger partial charge in [-0.25, -0.2) is 8.78 Å². The molecule has 0 spiro atoms. The quantitative estimate of drug-likeness (QED) is 0.628. The first-order chi connectivity index (χ1) is 15.9. The summed E-state index contributed by atoms with van der Waals surface area (Å²) in [7, 11) is 0. The van der Waals surface area contributed by atoms with Crippen molar-refractivity contribution in [1.82, 2.24) is 15.1 Å². The molecule has 0 aromatic heterocycles. The summed E-state index contributed by atoms with van der Waals surface area (Å²) < 4.78 is 29.8. The normalized spacial score (nSPS) is 23.1. The molecule has 0 aliphatic carbocycles. The molecule has 10 heteroatoms. The molecule has 1 unspecified atom stereocenters. The highest BCUT2D eigenvalue weighted by atomic mass is 19.1. The van der Waals surface area contributed by atoms with E-state index in [2.05, 4.69) is 10.2 Å². The van der Waals surface area contributed by atoms with Crippen molar-refractivity contribution in [1.29, 1.82) is 0 Å². The molecule has 1 aromatic carbocycles. The Labute approximate surface area is 191 Å². The lowest BCUT2D eigenvalue weighted by atomic mass is 9.90. The summed E-state index contributed by atoms with van der Waals surface area (Å²) in [4.78, 5) is 40.7. The Morgan fingerprint density at radius 2 is 1.64 bits per heavy atom. The molecule has 4 rings (SSSR count). The number of aliphatic hydroxyl groups is 1. The SMILES string of the molecule is O=C1CCC(c2cc(F)c(N3CCN(CC4CCN(C(=O)CO)CC4)CC3)c(F)c2)C(=O)N1. The average molecular weight is 465 g/mol. The predicted octanol–water partition coefficient (Wildman–Crippen LogP) is 0.838. The summed E-state index contributed by atoms with van der Waals surface area (Å²) in [5.41, 5.74) is 0.185.